The van der Waals surface area contributed by atoms with Crippen LogP contribution in [0.5, 0.6) is 0 Å². The zero-order valence-electron chi connectivity index (χ0n) is 14.4. The van der Waals surface area contributed by atoms with Gasteiger partial charge in [-0.3, -0.25) is 4.79 Å². The highest BCUT2D eigenvalue weighted by Gasteiger charge is 2.30. The lowest BCUT2D eigenvalue weighted by Gasteiger charge is -2.32. The summed E-state index contributed by atoms with van der Waals surface area (Å²) in [6.07, 6.45) is 2.74. The minimum atomic E-state index is -3.46. The molecule has 1 aliphatic rings. The van der Waals surface area contributed by atoms with Gasteiger partial charge in [0.2, 0.25) is 15.9 Å². The van der Waals surface area contributed by atoms with Crippen LogP contribution in [-0.4, -0.2) is 43.8 Å². The van der Waals surface area contributed by atoms with Gasteiger partial charge in [0, 0.05) is 19.1 Å². The molecule has 0 saturated carbocycles. The molecule has 0 spiro atoms. The average Bonchev–Trinajstić information content (AvgIpc) is 2.56. The molecule has 6 nitrogen and oxygen atoms in total. The summed E-state index contributed by atoms with van der Waals surface area (Å²) < 4.78 is 26.8. The van der Waals surface area contributed by atoms with Crippen LogP contribution in [0.15, 0.2) is 29.2 Å². The van der Waals surface area contributed by atoms with Gasteiger partial charge in [-0.2, -0.15) is 4.31 Å². The fourth-order valence-electron chi connectivity index (χ4n) is 2.85. The molecule has 1 atom stereocenters. The number of piperidine rings is 1. The van der Waals surface area contributed by atoms with E-state index < -0.39 is 16.1 Å². The summed E-state index contributed by atoms with van der Waals surface area (Å²) in [5.41, 5.74) is 6.84. The van der Waals surface area contributed by atoms with Gasteiger partial charge in [-0.25, -0.2) is 8.42 Å². The van der Waals surface area contributed by atoms with Crippen LogP contribution in [0, 0.1) is 6.92 Å². The lowest BCUT2D eigenvalue weighted by molar-refractivity contribution is -0.123. The molecule has 1 aliphatic heterocycles. The number of aryl methyl sites for hydroxylation is 1. The van der Waals surface area contributed by atoms with E-state index in [1.165, 1.54) is 4.31 Å². The number of amides is 1. The van der Waals surface area contributed by atoms with Gasteiger partial charge in [0.15, 0.2) is 0 Å². The predicted octanol–water partition coefficient (Wildman–Crippen LogP) is 1.39. The van der Waals surface area contributed by atoms with Gasteiger partial charge in [0.05, 0.1) is 10.9 Å². The van der Waals surface area contributed by atoms with E-state index in [0.717, 1.165) is 12.0 Å². The second kappa shape index (κ2) is 8.09. The van der Waals surface area contributed by atoms with E-state index in [9.17, 15) is 13.2 Å². The topological polar surface area (TPSA) is 92.5 Å². The largest absolute Gasteiger partial charge is 0.352 e. The summed E-state index contributed by atoms with van der Waals surface area (Å²) in [4.78, 5) is 12.3. The Hall–Kier alpha value is -1.44. The average molecular weight is 353 g/mol. The maximum absolute atomic E-state index is 12.6. The Morgan fingerprint density at radius 2 is 1.88 bits per heavy atom. The Bertz CT molecular complexity index is 650. The van der Waals surface area contributed by atoms with Crippen LogP contribution in [0.1, 0.15) is 38.2 Å². The molecule has 0 radical (unpaired) electrons. The van der Waals surface area contributed by atoms with Crippen LogP contribution >= 0.6 is 0 Å². The molecule has 0 aromatic heterocycles. The highest BCUT2D eigenvalue weighted by atomic mass is 32.2. The van der Waals surface area contributed by atoms with Gasteiger partial charge in [0.25, 0.3) is 0 Å². The zero-order valence-corrected chi connectivity index (χ0v) is 15.2. The van der Waals surface area contributed by atoms with E-state index in [0.29, 0.717) is 37.2 Å². The molecule has 1 aromatic rings. The third-order valence-corrected chi connectivity index (χ3v) is 6.31. The lowest BCUT2D eigenvalue weighted by atomic mass is 10.1. The maximum Gasteiger partial charge on any atom is 0.243 e. The quantitative estimate of drug-likeness (QED) is 0.808. The second-order valence-electron chi connectivity index (χ2n) is 6.40. The van der Waals surface area contributed by atoms with Gasteiger partial charge in [-0.05, 0) is 38.3 Å². The molecule has 7 heteroatoms. The van der Waals surface area contributed by atoms with Crippen molar-refractivity contribution in [2.24, 2.45) is 5.73 Å². The van der Waals surface area contributed by atoms with Crippen LogP contribution in [-0.2, 0) is 14.8 Å². The molecular weight excluding hydrogens is 326 g/mol. The molecule has 134 valence electrons. The van der Waals surface area contributed by atoms with Gasteiger partial charge in [-0.1, -0.05) is 31.0 Å². The molecule has 1 amide bonds. The van der Waals surface area contributed by atoms with Crippen LogP contribution < -0.4 is 11.1 Å². The van der Waals surface area contributed by atoms with Crippen molar-refractivity contribution in [3.8, 4) is 0 Å². The lowest BCUT2D eigenvalue weighted by Crippen LogP contribution is -2.50. The first-order valence-corrected chi connectivity index (χ1v) is 9.91. The first-order chi connectivity index (χ1) is 11.3. The van der Waals surface area contributed by atoms with Gasteiger partial charge >= 0.3 is 0 Å². The molecule has 1 saturated heterocycles. The third kappa shape index (κ3) is 4.55. The van der Waals surface area contributed by atoms with E-state index in [1.807, 2.05) is 13.8 Å². The van der Waals surface area contributed by atoms with E-state index >= 15 is 0 Å². The number of benzene rings is 1. The molecular formula is C17H27N3O3S. The van der Waals surface area contributed by atoms with Crippen molar-refractivity contribution in [3.63, 3.8) is 0 Å². The Labute approximate surface area is 144 Å². The van der Waals surface area contributed by atoms with Gasteiger partial charge < -0.3 is 11.1 Å². The van der Waals surface area contributed by atoms with Crippen molar-refractivity contribution in [1.29, 1.82) is 0 Å². The number of nitrogens with one attached hydrogen (secondary N) is 1. The van der Waals surface area contributed by atoms with Crippen molar-refractivity contribution >= 4 is 15.9 Å². The molecule has 1 heterocycles. The van der Waals surface area contributed by atoms with E-state index in [1.54, 1.807) is 24.3 Å². The summed E-state index contributed by atoms with van der Waals surface area (Å²) in [6.45, 7) is 4.73. The number of hydrogen-bond donors (Lipinski definition) is 2. The molecule has 1 fully saturated rings. The number of nitrogens with zero attached hydrogens (tertiary/aromatic N) is 1. The number of sulfonamides is 1. The van der Waals surface area contributed by atoms with E-state index in [4.69, 9.17) is 5.73 Å². The molecule has 0 aliphatic carbocycles. The Morgan fingerprint density at radius 3 is 2.42 bits per heavy atom. The normalized spacial score (nSPS) is 18.3. The summed E-state index contributed by atoms with van der Waals surface area (Å²) in [5, 5.41) is 2.94. The summed E-state index contributed by atoms with van der Waals surface area (Å²) in [5.74, 6) is -0.142. The molecule has 0 bridgehead atoms. The Morgan fingerprint density at radius 1 is 1.29 bits per heavy atom. The van der Waals surface area contributed by atoms with E-state index in [2.05, 4.69) is 5.32 Å². The molecule has 3 N–H and O–H groups in total. The van der Waals surface area contributed by atoms with Crippen LogP contribution in [0.25, 0.3) is 0 Å². The Balaban J connectivity index is 1.92. The second-order valence-corrected chi connectivity index (χ2v) is 8.33. The number of carbonyl (C=O) groups is 1. The number of hydrogen-bond acceptors (Lipinski definition) is 4. The zero-order chi connectivity index (χ0) is 17.7. The molecule has 1 aromatic carbocycles. The first kappa shape index (κ1) is 18.9. The van der Waals surface area contributed by atoms with Crippen LogP contribution in [0.2, 0.25) is 0 Å². The maximum atomic E-state index is 12.6. The van der Waals surface area contributed by atoms with Gasteiger partial charge in [-0.15, -0.1) is 0 Å². The van der Waals surface area contributed by atoms with Crippen molar-refractivity contribution in [3.05, 3.63) is 29.8 Å². The highest BCUT2D eigenvalue weighted by Crippen LogP contribution is 2.21. The van der Waals surface area contributed by atoms with Crippen LogP contribution in [0.3, 0.4) is 0 Å². The SMILES string of the molecule is CCCC(N)C(=O)NC1CCN(S(=O)(=O)c2ccc(C)cc2)CC1. The predicted molar refractivity (Wildman–Crippen MR) is 94.0 cm³/mol. The van der Waals surface area contributed by atoms with Crippen molar-refractivity contribution in [2.75, 3.05) is 13.1 Å². The summed E-state index contributed by atoms with van der Waals surface area (Å²) >= 11 is 0. The highest BCUT2D eigenvalue weighted by molar-refractivity contribution is 7.89. The smallest absolute Gasteiger partial charge is 0.243 e. The Kier molecular flexibility index (Phi) is 6.37. The van der Waals surface area contributed by atoms with E-state index in [-0.39, 0.29) is 11.9 Å². The minimum absolute atomic E-state index is 0.00938. The number of nitrogens with two attached hydrogens (primary N) is 1. The third-order valence-electron chi connectivity index (χ3n) is 4.40. The van der Waals surface area contributed by atoms with Crippen LogP contribution in [0.4, 0.5) is 0 Å². The summed E-state index contributed by atoms with van der Waals surface area (Å²) in [7, 11) is -3.46. The minimum Gasteiger partial charge on any atom is -0.352 e. The fraction of sp³-hybridized carbons (Fsp3) is 0.588. The monoisotopic (exact) mass is 353 g/mol. The van der Waals surface area contributed by atoms with Gasteiger partial charge in [0.1, 0.15) is 0 Å². The first-order valence-electron chi connectivity index (χ1n) is 8.47. The number of carbonyl (C=O) groups excluding carboxylic acids is 1. The van der Waals surface area contributed by atoms with Crippen molar-refractivity contribution < 1.29 is 13.2 Å². The number of rotatable bonds is 6. The van der Waals surface area contributed by atoms with Crippen molar-refractivity contribution in [2.45, 2.75) is 56.5 Å². The molecule has 2 rings (SSSR count). The fourth-order valence-corrected chi connectivity index (χ4v) is 4.32. The van der Waals surface area contributed by atoms with Crippen molar-refractivity contribution in [1.82, 2.24) is 9.62 Å². The standard InChI is InChI=1S/C17H27N3O3S/c1-3-4-16(18)17(21)19-14-9-11-20(12-10-14)24(22,23)15-7-5-13(2)6-8-15/h5-8,14,16H,3-4,9-12,18H2,1-2H3,(H,19,21). The molecule has 1 unspecified atom stereocenters. The summed E-state index contributed by atoms with van der Waals surface area (Å²) in [6, 6.07) is 6.39. The molecule has 24 heavy (non-hydrogen) atoms.